The van der Waals surface area contributed by atoms with Crippen LogP contribution in [0.3, 0.4) is 0 Å². The van der Waals surface area contributed by atoms with Crippen molar-refractivity contribution in [3.8, 4) is 17.0 Å². The van der Waals surface area contributed by atoms with Gasteiger partial charge in [0.25, 0.3) is 0 Å². The van der Waals surface area contributed by atoms with E-state index < -0.39 is 0 Å². The van der Waals surface area contributed by atoms with E-state index >= 15 is 0 Å². The Kier molecular flexibility index (Phi) is 6.77. The zero-order valence-electron chi connectivity index (χ0n) is 17.9. The number of hydrogen-bond acceptors (Lipinski definition) is 5. The predicted molar refractivity (Wildman–Crippen MR) is 144 cm³/mol. The van der Waals surface area contributed by atoms with Crippen molar-refractivity contribution >= 4 is 56.7 Å². The van der Waals surface area contributed by atoms with E-state index in [9.17, 15) is 0 Å². The van der Waals surface area contributed by atoms with Crippen molar-refractivity contribution in [2.75, 3.05) is 5.43 Å². The molecule has 0 aliphatic carbocycles. The van der Waals surface area contributed by atoms with E-state index in [4.69, 9.17) is 27.9 Å². The number of benzene rings is 4. The summed E-state index contributed by atoms with van der Waals surface area (Å²) in [5, 5.41) is 10.4. The molecular formula is C27H19Cl2N3OS. The van der Waals surface area contributed by atoms with Crippen LogP contribution in [0.1, 0.15) is 11.1 Å². The molecule has 34 heavy (non-hydrogen) atoms. The van der Waals surface area contributed by atoms with Crippen LogP contribution in [0.2, 0.25) is 10.0 Å². The van der Waals surface area contributed by atoms with Crippen LogP contribution in [0.15, 0.2) is 95.4 Å². The number of nitrogens with zero attached hydrogens (tertiary/aromatic N) is 2. The predicted octanol–water partition coefficient (Wildman–Crippen LogP) is 8.30. The van der Waals surface area contributed by atoms with Gasteiger partial charge in [-0.15, -0.1) is 11.3 Å². The largest absolute Gasteiger partial charge is 0.488 e. The summed E-state index contributed by atoms with van der Waals surface area (Å²) in [6, 6.07) is 27.7. The van der Waals surface area contributed by atoms with Crippen LogP contribution in [-0.2, 0) is 6.61 Å². The van der Waals surface area contributed by atoms with Gasteiger partial charge in [0.05, 0.1) is 16.9 Å². The Labute approximate surface area is 211 Å². The number of ether oxygens (including phenoxy) is 1. The molecule has 0 amide bonds. The summed E-state index contributed by atoms with van der Waals surface area (Å²) in [6.45, 7) is 0.477. The summed E-state index contributed by atoms with van der Waals surface area (Å²) in [4.78, 5) is 4.60. The fourth-order valence-electron chi connectivity index (χ4n) is 3.57. The molecule has 0 aliphatic rings. The summed E-state index contributed by atoms with van der Waals surface area (Å²) in [5.74, 6) is 0.765. The minimum Gasteiger partial charge on any atom is -0.488 e. The molecule has 0 fully saturated rings. The van der Waals surface area contributed by atoms with E-state index in [0.29, 0.717) is 21.8 Å². The summed E-state index contributed by atoms with van der Waals surface area (Å²) in [5.41, 5.74) is 6.63. The lowest BCUT2D eigenvalue weighted by atomic mass is 10.0. The molecule has 0 atom stereocenters. The van der Waals surface area contributed by atoms with Gasteiger partial charge in [-0.2, -0.15) is 5.10 Å². The van der Waals surface area contributed by atoms with Crippen LogP contribution >= 0.6 is 34.5 Å². The zero-order chi connectivity index (χ0) is 23.3. The lowest BCUT2D eigenvalue weighted by Crippen LogP contribution is -2.00. The van der Waals surface area contributed by atoms with Gasteiger partial charge < -0.3 is 4.74 Å². The third-order valence-corrected chi connectivity index (χ3v) is 6.53. The minimum absolute atomic E-state index is 0.477. The van der Waals surface area contributed by atoms with Gasteiger partial charge in [0.15, 0.2) is 0 Å². The van der Waals surface area contributed by atoms with Crippen molar-refractivity contribution in [2.24, 2.45) is 5.10 Å². The van der Waals surface area contributed by atoms with E-state index in [1.807, 2.05) is 60.0 Å². The zero-order valence-corrected chi connectivity index (χ0v) is 20.2. The fourth-order valence-corrected chi connectivity index (χ4v) is 4.73. The molecule has 1 aromatic heterocycles. The molecule has 4 nitrogen and oxygen atoms in total. The molecular weight excluding hydrogens is 485 g/mol. The number of fused-ring (bicyclic) bond motifs is 1. The molecule has 0 spiro atoms. The van der Waals surface area contributed by atoms with Crippen LogP contribution in [0.25, 0.3) is 22.0 Å². The SMILES string of the molecule is Clc1ccc(-c2csc(N/N=C\c3c(OCc4ccccc4)ccc4ccccc34)n2)c(Cl)c1. The lowest BCUT2D eigenvalue weighted by Gasteiger charge is -2.12. The Hall–Kier alpha value is -3.38. The second-order valence-corrected chi connectivity index (χ2v) is 9.21. The van der Waals surface area contributed by atoms with Gasteiger partial charge in [-0.25, -0.2) is 4.98 Å². The minimum atomic E-state index is 0.477. The third-order valence-electron chi connectivity index (χ3n) is 5.23. The normalized spacial score (nSPS) is 11.2. The number of hydrogen-bond donors (Lipinski definition) is 1. The van der Waals surface area contributed by atoms with Crippen LogP contribution in [0, 0.1) is 0 Å². The monoisotopic (exact) mass is 503 g/mol. The molecule has 0 bridgehead atoms. The second kappa shape index (κ2) is 10.3. The third kappa shape index (κ3) is 5.07. The first-order valence-corrected chi connectivity index (χ1v) is 12.2. The van der Waals surface area contributed by atoms with Gasteiger partial charge in [-0.05, 0) is 40.6 Å². The molecule has 7 heteroatoms. The summed E-state index contributed by atoms with van der Waals surface area (Å²) >= 11 is 13.8. The first kappa shape index (κ1) is 22.4. The quantitative estimate of drug-likeness (QED) is 0.179. The van der Waals surface area contributed by atoms with Crippen LogP contribution < -0.4 is 10.2 Å². The summed E-state index contributed by atoms with van der Waals surface area (Å²) in [6.07, 6.45) is 1.78. The van der Waals surface area contributed by atoms with Crippen LogP contribution in [0.4, 0.5) is 5.13 Å². The van der Waals surface area contributed by atoms with Gasteiger partial charge in [0.1, 0.15) is 12.4 Å². The Morgan fingerprint density at radius 2 is 1.76 bits per heavy atom. The molecule has 5 aromatic rings. The van der Waals surface area contributed by atoms with Crippen molar-refractivity contribution < 1.29 is 4.74 Å². The Morgan fingerprint density at radius 1 is 0.941 bits per heavy atom. The average Bonchev–Trinajstić information content (AvgIpc) is 3.32. The number of thiazole rings is 1. The molecule has 4 aromatic carbocycles. The molecule has 168 valence electrons. The maximum Gasteiger partial charge on any atom is 0.203 e. The van der Waals surface area contributed by atoms with Crippen molar-refractivity contribution in [1.29, 1.82) is 0 Å². The molecule has 5 rings (SSSR count). The number of hydrazone groups is 1. The van der Waals surface area contributed by atoms with E-state index in [2.05, 4.69) is 33.7 Å². The number of aromatic nitrogens is 1. The molecule has 1 heterocycles. The second-order valence-electron chi connectivity index (χ2n) is 7.50. The highest BCUT2D eigenvalue weighted by molar-refractivity contribution is 7.14. The fraction of sp³-hybridized carbons (Fsp3) is 0.0370. The molecule has 0 aliphatic heterocycles. The van der Waals surface area contributed by atoms with Crippen molar-refractivity contribution in [3.05, 3.63) is 111 Å². The van der Waals surface area contributed by atoms with Crippen LogP contribution in [0.5, 0.6) is 5.75 Å². The maximum atomic E-state index is 6.32. The van der Waals surface area contributed by atoms with Crippen molar-refractivity contribution in [3.63, 3.8) is 0 Å². The van der Waals surface area contributed by atoms with E-state index in [1.54, 1.807) is 18.3 Å². The molecule has 1 N–H and O–H groups in total. The number of halogens is 2. The van der Waals surface area contributed by atoms with Gasteiger partial charge in [-0.1, -0.05) is 83.9 Å². The molecule has 0 saturated heterocycles. The van der Waals surface area contributed by atoms with Gasteiger partial charge in [-0.3, -0.25) is 5.43 Å². The average molecular weight is 504 g/mol. The maximum absolute atomic E-state index is 6.32. The molecule has 0 saturated carbocycles. The first-order chi connectivity index (χ1) is 16.7. The molecule has 0 unspecified atom stereocenters. The number of anilines is 1. The van der Waals surface area contributed by atoms with Gasteiger partial charge in [0, 0.05) is 21.5 Å². The van der Waals surface area contributed by atoms with E-state index in [1.165, 1.54) is 11.3 Å². The standard InChI is InChI=1S/C27H19Cl2N3OS/c28-20-11-12-22(24(29)14-20)25-17-34-27(31-25)32-30-15-23-21-9-5-4-8-19(21)10-13-26(23)33-16-18-6-2-1-3-7-18/h1-15,17H,16H2,(H,31,32)/b30-15-. The van der Waals surface area contributed by atoms with Gasteiger partial charge in [0.2, 0.25) is 5.13 Å². The lowest BCUT2D eigenvalue weighted by molar-refractivity contribution is 0.306. The topological polar surface area (TPSA) is 46.5 Å². The molecule has 0 radical (unpaired) electrons. The van der Waals surface area contributed by atoms with E-state index in [-0.39, 0.29) is 0 Å². The Morgan fingerprint density at radius 3 is 2.62 bits per heavy atom. The Bertz CT molecular complexity index is 1470. The first-order valence-electron chi connectivity index (χ1n) is 10.6. The summed E-state index contributed by atoms with van der Waals surface area (Å²) < 4.78 is 6.16. The Balaban J connectivity index is 1.38. The number of rotatable bonds is 7. The number of nitrogens with one attached hydrogen (secondary N) is 1. The van der Waals surface area contributed by atoms with E-state index in [0.717, 1.165) is 38.9 Å². The van der Waals surface area contributed by atoms with Crippen LogP contribution in [-0.4, -0.2) is 11.2 Å². The van der Waals surface area contributed by atoms with Gasteiger partial charge >= 0.3 is 0 Å². The highest BCUT2D eigenvalue weighted by Gasteiger charge is 2.10. The highest BCUT2D eigenvalue weighted by atomic mass is 35.5. The smallest absolute Gasteiger partial charge is 0.203 e. The highest BCUT2D eigenvalue weighted by Crippen LogP contribution is 2.32. The summed E-state index contributed by atoms with van der Waals surface area (Å²) in [7, 11) is 0. The van der Waals surface area contributed by atoms with Crippen molar-refractivity contribution in [1.82, 2.24) is 4.98 Å². The van der Waals surface area contributed by atoms with Crippen molar-refractivity contribution in [2.45, 2.75) is 6.61 Å².